The Morgan fingerprint density at radius 3 is 2.45 bits per heavy atom. The number of ether oxygens (including phenoxy) is 2. The largest absolute Gasteiger partial charge is 0.497 e. The molecule has 0 aliphatic rings. The lowest BCUT2D eigenvalue weighted by Crippen LogP contribution is -2.13. The van der Waals surface area contributed by atoms with Gasteiger partial charge in [-0.15, -0.1) is 11.3 Å². The van der Waals surface area contributed by atoms with E-state index in [9.17, 15) is 4.79 Å². The number of benzene rings is 3. The number of thiazole rings is 1. The van der Waals surface area contributed by atoms with E-state index in [-0.39, 0.29) is 5.91 Å². The quantitative estimate of drug-likeness (QED) is 0.228. The number of carbonyl (C=O) groups is 1. The van der Waals surface area contributed by atoms with Gasteiger partial charge in [-0.1, -0.05) is 56.3 Å². The highest BCUT2D eigenvalue weighted by atomic mass is 32.1. The summed E-state index contributed by atoms with van der Waals surface area (Å²) >= 11 is 1.41. The number of anilines is 1. The molecule has 0 atom stereocenters. The average Bonchev–Trinajstić information content (AvgIpc) is 3.40. The normalized spacial score (nSPS) is 11.1. The monoisotopic (exact) mass is 523 g/mol. The van der Waals surface area contributed by atoms with Crippen molar-refractivity contribution in [3.63, 3.8) is 0 Å². The highest BCUT2D eigenvalue weighted by Gasteiger charge is 2.18. The van der Waals surface area contributed by atoms with Crippen LogP contribution in [0.3, 0.4) is 0 Å². The lowest BCUT2D eigenvalue weighted by molar-refractivity contribution is 0.102. The lowest BCUT2D eigenvalue weighted by atomic mass is 10.0. The van der Waals surface area contributed by atoms with E-state index in [4.69, 9.17) is 14.5 Å². The number of para-hydroxylation sites is 1. The first kappa shape index (κ1) is 25.4. The standard InChI is InChI=1S/C31H29N3O3S/c1-19(2)15-20-9-11-21(12-10-20)28-18-38-31(33-28)34-30(35)25-17-27(32-26-8-6-5-7-23(25)26)24-14-13-22(36-3)16-29(24)37-4/h5-14,16-19H,15H2,1-4H3,(H,33,34,35). The van der Waals surface area contributed by atoms with Crippen LogP contribution >= 0.6 is 11.3 Å². The molecule has 3 aromatic carbocycles. The van der Waals surface area contributed by atoms with E-state index in [1.54, 1.807) is 26.4 Å². The molecular formula is C31H29N3O3S. The molecule has 192 valence electrons. The summed E-state index contributed by atoms with van der Waals surface area (Å²) in [5.74, 6) is 1.66. The maximum Gasteiger partial charge on any atom is 0.258 e. The van der Waals surface area contributed by atoms with Crippen LogP contribution in [0, 0.1) is 5.92 Å². The molecule has 2 aromatic heterocycles. The molecule has 6 nitrogen and oxygen atoms in total. The van der Waals surface area contributed by atoms with Crippen LogP contribution in [0.4, 0.5) is 5.13 Å². The molecule has 5 rings (SSSR count). The number of amides is 1. The Hall–Kier alpha value is -4.23. The second-order valence-corrected chi connectivity index (χ2v) is 10.3. The number of nitrogens with one attached hydrogen (secondary N) is 1. The summed E-state index contributed by atoms with van der Waals surface area (Å²) in [6, 6.07) is 23.4. The summed E-state index contributed by atoms with van der Waals surface area (Å²) in [7, 11) is 3.21. The molecule has 0 aliphatic carbocycles. The van der Waals surface area contributed by atoms with Gasteiger partial charge in [0.25, 0.3) is 5.91 Å². The Labute approximate surface area is 226 Å². The van der Waals surface area contributed by atoms with Gasteiger partial charge < -0.3 is 9.47 Å². The van der Waals surface area contributed by atoms with Gasteiger partial charge in [-0.2, -0.15) is 0 Å². The Morgan fingerprint density at radius 1 is 0.921 bits per heavy atom. The maximum absolute atomic E-state index is 13.5. The minimum atomic E-state index is -0.245. The Balaban J connectivity index is 1.45. The number of nitrogens with zero attached hydrogens (tertiary/aromatic N) is 2. The lowest BCUT2D eigenvalue weighted by Gasteiger charge is -2.13. The van der Waals surface area contributed by atoms with E-state index in [0.717, 1.165) is 28.6 Å². The van der Waals surface area contributed by atoms with Crippen LogP contribution in [0.15, 0.2) is 78.2 Å². The van der Waals surface area contributed by atoms with Gasteiger partial charge in [-0.25, -0.2) is 9.97 Å². The van der Waals surface area contributed by atoms with Gasteiger partial charge in [0.1, 0.15) is 11.5 Å². The van der Waals surface area contributed by atoms with Crippen LogP contribution in [-0.2, 0) is 6.42 Å². The van der Waals surface area contributed by atoms with Crippen molar-refractivity contribution in [2.75, 3.05) is 19.5 Å². The minimum Gasteiger partial charge on any atom is -0.497 e. The maximum atomic E-state index is 13.5. The molecule has 0 fully saturated rings. The van der Waals surface area contributed by atoms with Crippen molar-refractivity contribution >= 4 is 33.3 Å². The van der Waals surface area contributed by atoms with Crippen molar-refractivity contribution in [1.29, 1.82) is 0 Å². The fraction of sp³-hybridized carbons (Fsp3) is 0.194. The van der Waals surface area contributed by atoms with Crippen LogP contribution in [0.25, 0.3) is 33.4 Å². The zero-order chi connectivity index (χ0) is 26.6. The Bertz CT molecular complexity index is 1590. The van der Waals surface area contributed by atoms with Crippen LogP contribution in [0.2, 0.25) is 0 Å². The highest BCUT2D eigenvalue weighted by Crippen LogP contribution is 2.35. The number of rotatable bonds is 8. The molecular weight excluding hydrogens is 494 g/mol. The zero-order valence-electron chi connectivity index (χ0n) is 21.8. The number of carbonyl (C=O) groups excluding carboxylic acids is 1. The van der Waals surface area contributed by atoms with Crippen LogP contribution in [-0.4, -0.2) is 30.1 Å². The first-order valence-electron chi connectivity index (χ1n) is 12.4. The molecule has 38 heavy (non-hydrogen) atoms. The van der Waals surface area contributed by atoms with E-state index < -0.39 is 0 Å². The predicted octanol–water partition coefficient (Wildman–Crippen LogP) is 7.49. The van der Waals surface area contributed by atoms with Gasteiger partial charge in [-0.3, -0.25) is 10.1 Å². The van der Waals surface area contributed by atoms with Crippen LogP contribution < -0.4 is 14.8 Å². The Morgan fingerprint density at radius 2 is 1.71 bits per heavy atom. The average molecular weight is 524 g/mol. The molecule has 0 bridgehead atoms. The molecule has 0 saturated carbocycles. The fourth-order valence-corrected chi connectivity index (χ4v) is 5.14. The molecule has 0 unspecified atom stereocenters. The van der Waals surface area contributed by atoms with Crippen molar-refractivity contribution in [2.45, 2.75) is 20.3 Å². The molecule has 0 saturated heterocycles. The third-order valence-electron chi connectivity index (χ3n) is 6.26. The van der Waals surface area contributed by atoms with E-state index in [1.807, 2.05) is 41.8 Å². The molecule has 0 radical (unpaired) electrons. The second-order valence-electron chi connectivity index (χ2n) is 9.43. The van der Waals surface area contributed by atoms with E-state index in [0.29, 0.717) is 39.3 Å². The molecule has 1 amide bonds. The number of aromatic nitrogens is 2. The minimum absolute atomic E-state index is 0.245. The molecule has 7 heteroatoms. The van der Waals surface area contributed by atoms with Gasteiger partial charge in [0.2, 0.25) is 0 Å². The number of fused-ring (bicyclic) bond motifs is 1. The topological polar surface area (TPSA) is 73.3 Å². The molecule has 1 N–H and O–H groups in total. The smallest absolute Gasteiger partial charge is 0.258 e. The van der Waals surface area contributed by atoms with Gasteiger partial charge in [0, 0.05) is 28.0 Å². The summed E-state index contributed by atoms with van der Waals surface area (Å²) in [5, 5.41) is 6.26. The van der Waals surface area contributed by atoms with Crippen molar-refractivity contribution in [3.05, 3.63) is 89.3 Å². The number of pyridine rings is 1. The van der Waals surface area contributed by atoms with Crippen molar-refractivity contribution < 1.29 is 14.3 Å². The van der Waals surface area contributed by atoms with E-state index >= 15 is 0 Å². The van der Waals surface area contributed by atoms with Gasteiger partial charge >= 0.3 is 0 Å². The summed E-state index contributed by atoms with van der Waals surface area (Å²) in [6.07, 6.45) is 1.04. The van der Waals surface area contributed by atoms with Gasteiger partial charge in [0.05, 0.1) is 36.7 Å². The number of hydrogen-bond acceptors (Lipinski definition) is 6. The zero-order valence-corrected chi connectivity index (χ0v) is 22.6. The fourth-order valence-electron chi connectivity index (χ4n) is 4.42. The molecule has 0 spiro atoms. The van der Waals surface area contributed by atoms with E-state index in [1.165, 1.54) is 16.9 Å². The molecule has 5 aromatic rings. The van der Waals surface area contributed by atoms with Crippen molar-refractivity contribution in [2.24, 2.45) is 5.92 Å². The van der Waals surface area contributed by atoms with Gasteiger partial charge in [-0.05, 0) is 42.2 Å². The third kappa shape index (κ3) is 5.38. The first-order valence-corrected chi connectivity index (χ1v) is 13.3. The number of methoxy groups -OCH3 is 2. The first-order chi connectivity index (χ1) is 18.4. The highest BCUT2D eigenvalue weighted by molar-refractivity contribution is 7.14. The summed E-state index contributed by atoms with van der Waals surface area (Å²) < 4.78 is 10.9. The SMILES string of the molecule is COc1ccc(-c2cc(C(=O)Nc3nc(-c4ccc(CC(C)C)cc4)cs3)c3ccccc3n2)c(OC)c1. The molecule has 2 heterocycles. The summed E-state index contributed by atoms with van der Waals surface area (Å²) in [6.45, 7) is 4.43. The van der Waals surface area contributed by atoms with Crippen molar-refractivity contribution in [1.82, 2.24) is 9.97 Å². The van der Waals surface area contributed by atoms with E-state index in [2.05, 4.69) is 48.4 Å². The third-order valence-corrected chi connectivity index (χ3v) is 7.02. The van der Waals surface area contributed by atoms with Gasteiger partial charge in [0.15, 0.2) is 5.13 Å². The van der Waals surface area contributed by atoms with Crippen LogP contribution in [0.5, 0.6) is 11.5 Å². The number of hydrogen-bond donors (Lipinski definition) is 1. The summed E-state index contributed by atoms with van der Waals surface area (Å²) in [5.41, 5.74) is 5.80. The predicted molar refractivity (Wildman–Crippen MR) is 154 cm³/mol. The molecule has 0 aliphatic heterocycles. The second kappa shape index (κ2) is 11.0. The van der Waals surface area contributed by atoms with Crippen LogP contribution in [0.1, 0.15) is 29.8 Å². The summed E-state index contributed by atoms with van der Waals surface area (Å²) in [4.78, 5) is 23.0. The Kier molecular flexibility index (Phi) is 7.38. The van der Waals surface area contributed by atoms with Crippen molar-refractivity contribution in [3.8, 4) is 34.0 Å².